The quantitative estimate of drug-likeness (QED) is 0.597. The summed E-state index contributed by atoms with van der Waals surface area (Å²) >= 11 is 0. The van der Waals surface area contributed by atoms with Crippen molar-refractivity contribution in [2.75, 3.05) is 13.1 Å². The number of carbonyl (C=O) groups excluding carboxylic acids is 1. The summed E-state index contributed by atoms with van der Waals surface area (Å²) in [5, 5.41) is 0. The third kappa shape index (κ3) is 4.47. The van der Waals surface area contributed by atoms with E-state index in [0.29, 0.717) is 5.41 Å². The van der Waals surface area contributed by atoms with Gasteiger partial charge in [0, 0.05) is 20.0 Å². The second kappa shape index (κ2) is 6.96. The molecule has 1 aliphatic carbocycles. The van der Waals surface area contributed by atoms with E-state index in [4.69, 9.17) is 0 Å². The summed E-state index contributed by atoms with van der Waals surface area (Å²) in [5.41, 5.74) is 0.390. The fourth-order valence-electron chi connectivity index (χ4n) is 2.78. The van der Waals surface area contributed by atoms with Crippen molar-refractivity contribution in [3.8, 4) is 0 Å². The second-order valence-corrected chi connectivity index (χ2v) is 5.95. The topological polar surface area (TPSA) is 20.3 Å². The highest BCUT2D eigenvalue weighted by molar-refractivity contribution is 5.73. The van der Waals surface area contributed by atoms with Gasteiger partial charge in [-0.3, -0.25) is 4.79 Å². The molecule has 1 saturated carbocycles. The Hall–Kier alpha value is -0.790. The molecule has 0 radical (unpaired) electrons. The molecule has 1 fully saturated rings. The lowest BCUT2D eigenvalue weighted by atomic mass is 10.0. The summed E-state index contributed by atoms with van der Waals surface area (Å²) in [5.74, 6) is 1.05. The van der Waals surface area contributed by atoms with Crippen molar-refractivity contribution < 1.29 is 4.79 Å². The molecule has 0 spiro atoms. The smallest absolute Gasteiger partial charge is 0.219 e. The van der Waals surface area contributed by atoms with Crippen LogP contribution >= 0.6 is 0 Å². The van der Waals surface area contributed by atoms with Crippen molar-refractivity contribution in [1.29, 1.82) is 0 Å². The van der Waals surface area contributed by atoms with Crippen LogP contribution in [0.3, 0.4) is 0 Å². The number of hydrogen-bond donors (Lipinski definition) is 0. The molecule has 2 heteroatoms. The number of hydrogen-bond acceptors (Lipinski definition) is 1. The molecule has 0 N–H and O–H groups in total. The molecule has 0 aromatic carbocycles. The first-order chi connectivity index (χ1) is 8.53. The Kier molecular flexibility index (Phi) is 5.90. The Morgan fingerprint density at radius 1 is 1.39 bits per heavy atom. The third-order valence-corrected chi connectivity index (χ3v) is 4.11. The van der Waals surface area contributed by atoms with Crippen molar-refractivity contribution in [1.82, 2.24) is 4.90 Å². The molecule has 1 aliphatic rings. The molecule has 0 bridgehead atoms. The van der Waals surface area contributed by atoms with E-state index in [9.17, 15) is 4.79 Å². The molecular formula is C16H29NO. The first-order valence-corrected chi connectivity index (χ1v) is 7.44. The molecule has 0 aromatic heterocycles. The van der Waals surface area contributed by atoms with Gasteiger partial charge in [0.25, 0.3) is 0 Å². The van der Waals surface area contributed by atoms with Crippen LogP contribution in [0.15, 0.2) is 12.2 Å². The normalized spacial score (nSPS) is 26.6. The Bertz CT molecular complexity index is 297. The fraction of sp³-hybridized carbons (Fsp3) is 0.812. The Morgan fingerprint density at radius 3 is 2.67 bits per heavy atom. The standard InChI is InChI=1S/C16H29NO/c1-5-7-8-9-10-15-12-16(15,4)13-17(11-6-2)14(3)18/h7-8,15H,5-6,9-13H2,1-4H3. The average molecular weight is 251 g/mol. The van der Waals surface area contributed by atoms with Crippen LogP contribution in [0.5, 0.6) is 0 Å². The van der Waals surface area contributed by atoms with E-state index >= 15 is 0 Å². The zero-order chi connectivity index (χ0) is 13.6. The predicted octanol–water partition coefficient (Wildman–Crippen LogP) is 4.02. The van der Waals surface area contributed by atoms with Gasteiger partial charge < -0.3 is 4.90 Å². The lowest BCUT2D eigenvalue weighted by molar-refractivity contribution is -0.129. The van der Waals surface area contributed by atoms with E-state index in [0.717, 1.165) is 31.8 Å². The minimum Gasteiger partial charge on any atom is -0.342 e. The van der Waals surface area contributed by atoms with Crippen LogP contribution in [0.1, 0.15) is 59.8 Å². The molecule has 0 saturated heterocycles. The highest BCUT2D eigenvalue weighted by atomic mass is 16.2. The van der Waals surface area contributed by atoms with E-state index in [1.165, 1.54) is 19.3 Å². The van der Waals surface area contributed by atoms with Gasteiger partial charge in [-0.1, -0.05) is 32.9 Å². The van der Waals surface area contributed by atoms with E-state index in [1.807, 2.05) is 4.90 Å². The van der Waals surface area contributed by atoms with Gasteiger partial charge in [-0.15, -0.1) is 0 Å². The summed E-state index contributed by atoms with van der Waals surface area (Å²) in [6, 6.07) is 0. The number of carbonyl (C=O) groups is 1. The summed E-state index contributed by atoms with van der Waals surface area (Å²) in [6.45, 7) is 10.2. The van der Waals surface area contributed by atoms with Crippen molar-refractivity contribution in [2.24, 2.45) is 11.3 Å². The Balaban J connectivity index is 2.34. The second-order valence-electron chi connectivity index (χ2n) is 5.95. The number of amides is 1. The highest BCUT2D eigenvalue weighted by Gasteiger charge is 2.49. The zero-order valence-electron chi connectivity index (χ0n) is 12.5. The first kappa shape index (κ1) is 15.3. The molecule has 1 amide bonds. The Labute approximate surface area is 112 Å². The van der Waals surface area contributed by atoms with Gasteiger partial charge in [-0.05, 0) is 43.4 Å². The van der Waals surface area contributed by atoms with Crippen molar-refractivity contribution in [2.45, 2.75) is 59.8 Å². The van der Waals surface area contributed by atoms with E-state index in [2.05, 4.69) is 32.9 Å². The van der Waals surface area contributed by atoms with Crippen LogP contribution in [0, 0.1) is 11.3 Å². The molecule has 2 unspecified atom stereocenters. The lowest BCUT2D eigenvalue weighted by Gasteiger charge is -2.25. The minimum atomic E-state index is 0.231. The number of allylic oxidation sites excluding steroid dienone is 2. The van der Waals surface area contributed by atoms with Gasteiger partial charge in [0.05, 0.1) is 0 Å². The van der Waals surface area contributed by atoms with Crippen molar-refractivity contribution in [3.63, 3.8) is 0 Å². The minimum absolute atomic E-state index is 0.231. The number of rotatable bonds is 8. The van der Waals surface area contributed by atoms with Crippen LogP contribution in [0.2, 0.25) is 0 Å². The molecular weight excluding hydrogens is 222 g/mol. The molecule has 0 aliphatic heterocycles. The van der Waals surface area contributed by atoms with E-state index in [-0.39, 0.29) is 5.91 Å². The highest BCUT2D eigenvalue weighted by Crippen LogP contribution is 2.55. The molecule has 1 rings (SSSR count). The molecule has 18 heavy (non-hydrogen) atoms. The van der Waals surface area contributed by atoms with Gasteiger partial charge in [-0.2, -0.15) is 0 Å². The van der Waals surface area contributed by atoms with Gasteiger partial charge in [0.1, 0.15) is 0 Å². The van der Waals surface area contributed by atoms with Crippen LogP contribution in [-0.4, -0.2) is 23.9 Å². The Morgan fingerprint density at radius 2 is 2.11 bits per heavy atom. The van der Waals surface area contributed by atoms with Crippen LogP contribution in [0.25, 0.3) is 0 Å². The molecule has 2 atom stereocenters. The SMILES string of the molecule is CCC=CCCC1CC1(C)CN(CCC)C(C)=O. The summed E-state index contributed by atoms with van der Waals surface area (Å²) in [4.78, 5) is 13.6. The summed E-state index contributed by atoms with van der Waals surface area (Å²) in [6.07, 6.45) is 10.5. The molecule has 104 valence electrons. The summed E-state index contributed by atoms with van der Waals surface area (Å²) < 4.78 is 0. The van der Waals surface area contributed by atoms with Gasteiger partial charge in [-0.25, -0.2) is 0 Å². The zero-order valence-corrected chi connectivity index (χ0v) is 12.5. The number of nitrogens with zero attached hydrogens (tertiary/aromatic N) is 1. The van der Waals surface area contributed by atoms with E-state index < -0.39 is 0 Å². The maximum atomic E-state index is 11.6. The predicted molar refractivity (Wildman–Crippen MR) is 77.4 cm³/mol. The van der Waals surface area contributed by atoms with Crippen molar-refractivity contribution in [3.05, 3.63) is 12.2 Å². The molecule has 2 nitrogen and oxygen atoms in total. The molecule has 0 heterocycles. The summed E-state index contributed by atoms with van der Waals surface area (Å²) in [7, 11) is 0. The lowest BCUT2D eigenvalue weighted by Crippen LogP contribution is -2.34. The third-order valence-electron chi connectivity index (χ3n) is 4.11. The maximum Gasteiger partial charge on any atom is 0.219 e. The largest absolute Gasteiger partial charge is 0.342 e. The van der Waals surface area contributed by atoms with E-state index in [1.54, 1.807) is 6.92 Å². The van der Waals surface area contributed by atoms with Crippen LogP contribution in [0.4, 0.5) is 0 Å². The van der Waals surface area contributed by atoms with Gasteiger partial charge >= 0.3 is 0 Å². The maximum absolute atomic E-state index is 11.6. The monoisotopic (exact) mass is 251 g/mol. The van der Waals surface area contributed by atoms with Gasteiger partial charge in [0.2, 0.25) is 5.91 Å². The van der Waals surface area contributed by atoms with Crippen molar-refractivity contribution >= 4 is 5.91 Å². The fourth-order valence-corrected chi connectivity index (χ4v) is 2.78. The van der Waals surface area contributed by atoms with Gasteiger partial charge in [0.15, 0.2) is 0 Å². The van der Waals surface area contributed by atoms with Crippen LogP contribution < -0.4 is 0 Å². The molecule has 0 aromatic rings. The first-order valence-electron chi connectivity index (χ1n) is 7.44. The van der Waals surface area contributed by atoms with Crippen LogP contribution in [-0.2, 0) is 4.79 Å². The average Bonchev–Trinajstić information content (AvgIpc) is 2.95.